The fourth-order valence-corrected chi connectivity index (χ4v) is 3.08. The molecule has 0 saturated carbocycles. The maximum absolute atomic E-state index is 13.7. The topological polar surface area (TPSA) is 36.4 Å². The minimum absolute atomic E-state index is 0. The van der Waals surface area contributed by atoms with E-state index in [9.17, 15) is 4.39 Å². The molecule has 2 N–H and O–H groups in total. The second-order valence-electron chi connectivity index (χ2n) is 4.83. The molecule has 0 amide bonds. The molecule has 0 fully saturated rings. The van der Waals surface area contributed by atoms with Gasteiger partial charge in [0, 0.05) is 29.1 Å². The number of benzene rings is 1. The van der Waals surface area contributed by atoms with E-state index in [1.807, 2.05) is 11.4 Å². The van der Waals surface area contributed by atoms with Crippen LogP contribution in [0.15, 0.2) is 40.7 Å². The summed E-state index contributed by atoms with van der Waals surface area (Å²) in [6.45, 7) is 2.63. The number of rotatable bonds is 5. The van der Waals surface area contributed by atoms with Crippen molar-refractivity contribution < 1.29 is 4.39 Å². The van der Waals surface area contributed by atoms with Crippen molar-refractivity contribution in [3.8, 4) is 0 Å². The highest BCUT2D eigenvalue weighted by atomic mass is 127. The molecule has 7 heteroatoms. The maximum atomic E-state index is 13.7. The molecule has 0 radical (unpaired) electrons. The van der Waals surface area contributed by atoms with Gasteiger partial charge < -0.3 is 10.6 Å². The number of hydrogen-bond acceptors (Lipinski definition) is 2. The van der Waals surface area contributed by atoms with E-state index in [4.69, 9.17) is 11.6 Å². The van der Waals surface area contributed by atoms with Crippen molar-refractivity contribution in [2.75, 3.05) is 13.6 Å². The second kappa shape index (κ2) is 10.1. The number of guanidine groups is 1. The van der Waals surface area contributed by atoms with Gasteiger partial charge in [0.15, 0.2) is 5.96 Å². The average Bonchev–Trinajstić information content (AvgIpc) is 3.03. The van der Waals surface area contributed by atoms with Gasteiger partial charge in [-0.3, -0.25) is 4.99 Å². The van der Waals surface area contributed by atoms with E-state index >= 15 is 0 Å². The zero-order chi connectivity index (χ0) is 15.9. The molecule has 126 valence electrons. The van der Waals surface area contributed by atoms with Crippen molar-refractivity contribution >= 4 is 52.9 Å². The largest absolute Gasteiger partial charge is 0.356 e. The molecule has 0 spiro atoms. The van der Waals surface area contributed by atoms with E-state index in [-0.39, 0.29) is 35.8 Å². The molecule has 2 aromatic rings. The molecule has 0 aliphatic carbocycles. The normalized spacial score (nSPS) is 12.4. The van der Waals surface area contributed by atoms with Crippen LogP contribution in [0, 0.1) is 5.82 Å². The first-order chi connectivity index (χ1) is 10.6. The van der Waals surface area contributed by atoms with Gasteiger partial charge in [0.25, 0.3) is 0 Å². The fourth-order valence-electron chi connectivity index (χ4n) is 2.09. The first kappa shape index (κ1) is 20.2. The highest BCUT2D eigenvalue weighted by Crippen LogP contribution is 2.19. The number of nitrogens with zero attached hydrogens (tertiary/aromatic N) is 1. The Balaban J connectivity index is 0.00000264. The monoisotopic (exact) mass is 467 g/mol. The zero-order valence-corrected chi connectivity index (χ0v) is 16.9. The summed E-state index contributed by atoms with van der Waals surface area (Å²) < 4.78 is 13.7. The molecule has 0 aliphatic heterocycles. The van der Waals surface area contributed by atoms with Gasteiger partial charge >= 0.3 is 0 Å². The minimum atomic E-state index is -0.274. The molecule has 0 saturated heterocycles. The average molecular weight is 468 g/mol. The standard InChI is InChI=1S/C16H19ClFN3S.HI/c1-11(15-7-4-10-22-15)21-16(19-2)20-9-8-12-13(17)5-3-6-14(12)18;/h3-7,10-11H,8-9H2,1-2H3,(H2,19,20,21);1H. The van der Waals surface area contributed by atoms with Gasteiger partial charge in [-0.15, -0.1) is 35.3 Å². The molecule has 1 heterocycles. The van der Waals surface area contributed by atoms with Gasteiger partial charge in [-0.1, -0.05) is 23.7 Å². The quantitative estimate of drug-likeness (QED) is 0.382. The van der Waals surface area contributed by atoms with Crippen molar-refractivity contribution in [3.63, 3.8) is 0 Å². The van der Waals surface area contributed by atoms with Crippen LogP contribution in [0.2, 0.25) is 5.02 Å². The van der Waals surface area contributed by atoms with Crippen LogP contribution in [0.1, 0.15) is 23.4 Å². The lowest BCUT2D eigenvalue weighted by Crippen LogP contribution is -2.39. The predicted octanol–water partition coefficient (Wildman–Crippen LogP) is 4.63. The van der Waals surface area contributed by atoms with Gasteiger partial charge in [0.05, 0.1) is 6.04 Å². The molecule has 1 aromatic heterocycles. The lowest BCUT2D eigenvalue weighted by molar-refractivity contribution is 0.606. The fraction of sp³-hybridized carbons (Fsp3) is 0.312. The first-order valence-electron chi connectivity index (χ1n) is 7.05. The number of nitrogens with one attached hydrogen (secondary N) is 2. The van der Waals surface area contributed by atoms with Crippen LogP contribution in [-0.2, 0) is 6.42 Å². The van der Waals surface area contributed by atoms with Crippen LogP contribution in [-0.4, -0.2) is 19.6 Å². The van der Waals surface area contributed by atoms with E-state index in [0.717, 1.165) is 0 Å². The summed E-state index contributed by atoms with van der Waals surface area (Å²) in [4.78, 5) is 5.42. The number of thiophene rings is 1. The van der Waals surface area contributed by atoms with Crippen LogP contribution >= 0.6 is 46.9 Å². The Kier molecular flexibility index (Phi) is 8.86. The molecule has 0 bridgehead atoms. The predicted molar refractivity (Wildman–Crippen MR) is 108 cm³/mol. The van der Waals surface area contributed by atoms with E-state index < -0.39 is 0 Å². The van der Waals surface area contributed by atoms with Crippen molar-refractivity contribution in [1.82, 2.24) is 10.6 Å². The number of halogens is 3. The first-order valence-corrected chi connectivity index (χ1v) is 8.31. The van der Waals surface area contributed by atoms with E-state index in [1.165, 1.54) is 10.9 Å². The molecule has 1 atom stereocenters. The molecule has 1 unspecified atom stereocenters. The van der Waals surface area contributed by atoms with Crippen LogP contribution in [0.4, 0.5) is 4.39 Å². The van der Waals surface area contributed by atoms with Gasteiger partial charge in [0.2, 0.25) is 0 Å². The SMILES string of the molecule is CN=C(NCCc1c(F)cccc1Cl)NC(C)c1cccs1.I. The second-order valence-corrected chi connectivity index (χ2v) is 6.22. The summed E-state index contributed by atoms with van der Waals surface area (Å²) in [5.41, 5.74) is 0.526. The summed E-state index contributed by atoms with van der Waals surface area (Å²) in [7, 11) is 1.71. The highest BCUT2D eigenvalue weighted by molar-refractivity contribution is 14.0. The molecule has 0 aliphatic rings. The van der Waals surface area contributed by atoms with Crippen molar-refractivity contribution in [1.29, 1.82) is 0 Å². The van der Waals surface area contributed by atoms with Crippen LogP contribution in [0.5, 0.6) is 0 Å². The van der Waals surface area contributed by atoms with Crippen LogP contribution in [0.25, 0.3) is 0 Å². The third kappa shape index (κ3) is 5.93. The molecule has 2 rings (SSSR count). The molecule has 23 heavy (non-hydrogen) atoms. The summed E-state index contributed by atoms with van der Waals surface area (Å²) >= 11 is 7.71. The Morgan fingerprint density at radius 2 is 2.13 bits per heavy atom. The van der Waals surface area contributed by atoms with Gasteiger partial charge in [-0.05, 0) is 36.9 Å². The lowest BCUT2D eigenvalue weighted by atomic mass is 10.1. The molecular weight excluding hydrogens is 448 g/mol. The van der Waals surface area contributed by atoms with E-state index in [2.05, 4.69) is 28.6 Å². The van der Waals surface area contributed by atoms with Gasteiger partial charge in [0.1, 0.15) is 5.82 Å². The molecular formula is C16H20ClFIN3S. The summed E-state index contributed by atoms with van der Waals surface area (Å²) in [6, 6.07) is 9.00. The summed E-state index contributed by atoms with van der Waals surface area (Å²) in [5.74, 6) is 0.414. The number of hydrogen-bond donors (Lipinski definition) is 2. The van der Waals surface area contributed by atoms with Crippen molar-refractivity contribution in [2.45, 2.75) is 19.4 Å². The maximum Gasteiger partial charge on any atom is 0.191 e. The summed E-state index contributed by atoms with van der Waals surface area (Å²) in [5, 5.41) is 8.99. The van der Waals surface area contributed by atoms with Crippen molar-refractivity contribution in [2.24, 2.45) is 4.99 Å². The lowest BCUT2D eigenvalue weighted by Gasteiger charge is -2.17. The number of aliphatic imine (C=N–C) groups is 1. The Labute approximate surface area is 162 Å². The van der Waals surface area contributed by atoms with Gasteiger partial charge in [-0.25, -0.2) is 4.39 Å². The third-order valence-electron chi connectivity index (χ3n) is 3.28. The Morgan fingerprint density at radius 3 is 2.74 bits per heavy atom. The molecule has 3 nitrogen and oxygen atoms in total. The van der Waals surface area contributed by atoms with Gasteiger partial charge in [-0.2, -0.15) is 0 Å². The summed E-state index contributed by atoms with van der Waals surface area (Å²) in [6.07, 6.45) is 0.500. The van der Waals surface area contributed by atoms with Crippen LogP contribution < -0.4 is 10.6 Å². The van der Waals surface area contributed by atoms with E-state index in [0.29, 0.717) is 29.5 Å². The van der Waals surface area contributed by atoms with E-state index in [1.54, 1.807) is 30.5 Å². The molecule has 1 aromatic carbocycles. The van der Waals surface area contributed by atoms with Crippen LogP contribution in [0.3, 0.4) is 0 Å². The Hall–Kier alpha value is -0.860. The zero-order valence-electron chi connectivity index (χ0n) is 13.0. The van der Waals surface area contributed by atoms with Crippen molar-refractivity contribution in [3.05, 3.63) is 57.0 Å². The minimum Gasteiger partial charge on any atom is -0.356 e. The Morgan fingerprint density at radius 1 is 1.35 bits per heavy atom. The highest BCUT2D eigenvalue weighted by Gasteiger charge is 2.10. The third-order valence-corrected chi connectivity index (χ3v) is 4.69. The Bertz CT molecular complexity index is 614. The smallest absolute Gasteiger partial charge is 0.191 e.